The zero-order valence-corrected chi connectivity index (χ0v) is 10.4. The Morgan fingerprint density at radius 2 is 2.53 bits per heavy atom. The number of amides is 1. The van der Waals surface area contributed by atoms with Crippen molar-refractivity contribution < 1.29 is 4.79 Å². The molecular weight excluding hydrogens is 216 g/mol. The number of hydrogen-bond donors (Lipinski definition) is 2. The molecule has 0 spiro atoms. The van der Waals surface area contributed by atoms with Crippen molar-refractivity contribution in [1.29, 1.82) is 0 Å². The van der Waals surface area contributed by atoms with Crippen molar-refractivity contribution in [2.45, 2.75) is 45.2 Å². The van der Waals surface area contributed by atoms with Crippen LogP contribution in [0.4, 0.5) is 5.69 Å². The summed E-state index contributed by atoms with van der Waals surface area (Å²) in [5.41, 5.74) is 0.779. The molecule has 0 aliphatic carbocycles. The topological polar surface area (TPSA) is 59.0 Å². The molecular formula is C12H20N4O. The van der Waals surface area contributed by atoms with Gasteiger partial charge in [0.2, 0.25) is 5.91 Å². The van der Waals surface area contributed by atoms with Crippen LogP contribution >= 0.6 is 0 Å². The highest BCUT2D eigenvalue weighted by Gasteiger charge is 2.17. The lowest BCUT2D eigenvalue weighted by Gasteiger charge is -2.09. The number of carbonyl (C=O) groups excluding carboxylic acids is 1. The van der Waals surface area contributed by atoms with Crippen LogP contribution in [-0.4, -0.2) is 28.3 Å². The van der Waals surface area contributed by atoms with Gasteiger partial charge in [-0.1, -0.05) is 0 Å². The van der Waals surface area contributed by atoms with Crippen LogP contribution < -0.4 is 10.6 Å². The molecule has 1 aliphatic rings. The van der Waals surface area contributed by atoms with Crippen LogP contribution in [0.5, 0.6) is 0 Å². The molecule has 1 atom stereocenters. The minimum atomic E-state index is 0.0627. The molecule has 94 valence electrons. The maximum absolute atomic E-state index is 11.8. The first-order valence-corrected chi connectivity index (χ1v) is 6.22. The van der Waals surface area contributed by atoms with Crippen molar-refractivity contribution in [2.24, 2.45) is 0 Å². The minimum absolute atomic E-state index is 0.0627. The fourth-order valence-electron chi connectivity index (χ4n) is 2.05. The summed E-state index contributed by atoms with van der Waals surface area (Å²) >= 11 is 0. The van der Waals surface area contributed by atoms with Gasteiger partial charge in [-0.3, -0.25) is 9.48 Å². The molecule has 2 N–H and O–H groups in total. The Bertz CT molecular complexity index is 380. The molecule has 1 aromatic rings. The van der Waals surface area contributed by atoms with Gasteiger partial charge < -0.3 is 10.6 Å². The zero-order valence-electron chi connectivity index (χ0n) is 10.4. The third-order valence-electron chi connectivity index (χ3n) is 3.01. The Morgan fingerprint density at radius 3 is 3.12 bits per heavy atom. The largest absolute Gasteiger partial charge is 0.323 e. The predicted octanol–water partition coefficient (Wildman–Crippen LogP) is 1.54. The van der Waals surface area contributed by atoms with Gasteiger partial charge in [-0.15, -0.1) is 0 Å². The van der Waals surface area contributed by atoms with Gasteiger partial charge in [-0.05, 0) is 33.2 Å². The quantitative estimate of drug-likeness (QED) is 0.833. The standard InChI is InChI=1S/C12H20N4O/c1-9(2)16-8-11(7-14-16)15-12(17)6-10-4-3-5-13-10/h7-10,13H,3-6H2,1-2H3,(H,15,17). The summed E-state index contributed by atoms with van der Waals surface area (Å²) in [6.07, 6.45) is 6.37. The fraction of sp³-hybridized carbons (Fsp3) is 0.667. The maximum Gasteiger partial charge on any atom is 0.226 e. The number of nitrogens with one attached hydrogen (secondary N) is 2. The summed E-state index contributed by atoms with van der Waals surface area (Å²) in [6, 6.07) is 0.660. The molecule has 2 rings (SSSR count). The lowest BCUT2D eigenvalue weighted by Crippen LogP contribution is -2.27. The average molecular weight is 236 g/mol. The summed E-state index contributed by atoms with van der Waals surface area (Å²) in [5, 5.41) is 10.4. The van der Waals surface area contributed by atoms with Crippen molar-refractivity contribution in [1.82, 2.24) is 15.1 Å². The van der Waals surface area contributed by atoms with Gasteiger partial charge in [0.15, 0.2) is 0 Å². The average Bonchev–Trinajstić information content (AvgIpc) is 2.88. The zero-order chi connectivity index (χ0) is 12.3. The second-order valence-corrected chi connectivity index (χ2v) is 4.85. The maximum atomic E-state index is 11.8. The highest BCUT2D eigenvalue weighted by molar-refractivity contribution is 5.90. The number of nitrogens with zero attached hydrogens (tertiary/aromatic N) is 2. The molecule has 17 heavy (non-hydrogen) atoms. The van der Waals surface area contributed by atoms with E-state index in [1.54, 1.807) is 6.20 Å². The summed E-state index contributed by atoms with van der Waals surface area (Å²) in [6.45, 7) is 5.14. The van der Waals surface area contributed by atoms with Crippen LogP contribution in [-0.2, 0) is 4.79 Å². The minimum Gasteiger partial charge on any atom is -0.323 e. The van der Waals surface area contributed by atoms with Crippen molar-refractivity contribution in [3.8, 4) is 0 Å². The van der Waals surface area contributed by atoms with E-state index in [4.69, 9.17) is 0 Å². The molecule has 1 aliphatic heterocycles. The molecule has 2 heterocycles. The van der Waals surface area contributed by atoms with Gasteiger partial charge in [0.1, 0.15) is 0 Å². The highest BCUT2D eigenvalue weighted by Crippen LogP contribution is 2.12. The van der Waals surface area contributed by atoms with Crippen LogP contribution in [0.25, 0.3) is 0 Å². The van der Waals surface area contributed by atoms with Crippen molar-refractivity contribution in [3.63, 3.8) is 0 Å². The number of carbonyl (C=O) groups is 1. The summed E-state index contributed by atoms with van der Waals surface area (Å²) in [7, 11) is 0. The molecule has 1 unspecified atom stereocenters. The van der Waals surface area contributed by atoms with Gasteiger partial charge in [0.05, 0.1) is 11.9 Å². The van der Waals surface area contributed by atoms with Gasteiger partial charge in [0.25, 0.3) is 0 Å². The summed E-state index contributed by atoms with van der Waals surface area (Å²) in [4.78, 5) is 11.8. The van der Waals surface area contributed by atoms with Crippen LogP contribution in [0.3, 0.4) is 0 Å². The summed E-state index contributed by atoms with van der Waals surface area (Å²) in [5.74, 6) is 0.0627. The number of aromatic nitrogens is 2. The molecule has 5 heteroatoms. The van der Waals surface area contributed by atoms with Crippen LogP contribution in [0, 0.1) is 0 Å². The van der Waals surface area contributed by atoms with Gasteiger partial charge in [-0.2, -0.15) is 5.10 Å². The highest BCUT2D eigenvalue weighted by atomic mass is 16.1. The molecule has 0 aromatic carbocycles. The Morgan fingerprint density at radius 1 is 1.71 bits per heavy atom. The molecule has 1 amide bonds. The van der Waals surface area contributed by atoms with Gasteiger partial charge in [0, 0.05) is 24.7 Å². The van der Waals surface area contributed by atoms with Crippen LogP contribution in [0.15, 0.2) is 12.4 Å². The first kappa shape index (κ1) is 12.1. The monoisotopic (exact) mass is 236 g/mol. The normalized spacial score (nSPS) is 19.8. The van der Waals surface area contributed by atoms with Crippen molar-refractivity contribution in [2.75, 3.05) is 11.9 Å². The molecule has 1 saturated heterocycles. The second kappa shape index (κ2) is 5.31. The first-order valence-electron chi connectivity index (χ1n) is 6.22. The lowest BCUT2D eigenvalue weighted by atomic mass is 10.1. The van der Waals surface area contributed by atoms with E-state index in [0.717, 1.165) is 18.7 Å². The first-order chi connectivity index (χ1) is 8.15. The Labute approximate surface area is 102 Å². The SMILES string of the molecule is CC(C)n1cc(NC(=O)CC2CCCN2)cn1. The number of rotatable bonds is 4. The molecule has 1 aromatic heterocycles. The van der Waals surface area contributed by atoms with E-state index in [-0.39, 0.29) is 5.91 Å². The van der Waals surface area contributed by atoms with E-state index < -0.39 is 0 Å². The van der Waals surface area contributed by atoms with Gasteiger partial charge >= 0.3 is 0 Å². The van der Waals surface area contributed by atoms with E-state index in [9.17, 15) is 4.79 Å². The van der Waals surface area contributed by atoms with E-state index in [2.05, 4.69) is 29.6 Å². The predicted molar refractivity (Wildman–Crippen MR) is 66.9 cm³/mol. The Hall–Kier alpha value is -1.36. The fourth-order valence-corrected chi connectivity index (χ4v) is 2.05. The van der Waals surface area contributed by atoms with Crippen molar-refractivity contribution in [3.05, 3.63) is 12.4 Å². The molecule has 1 fully saturated rings. The third-order valence-corrected chi connectivity index (χ3v) is 3.01. The molecule has 0 bridgehead atoms. The van der Waals surface area contributed by atoms with Crippen LogP contribution in [0.2, 0.25) is 0 Å². The second-order valence-electron chi connectivity index (χ2n) is 4.85. The summed E-state index contributed by atoms with van der Waals surface area (Å²) < 4.78 is 1.84. The molecule has 5 nitrogen and oxygen atoms in total. The third kappa shape index (κ3) is 3.30. The van der Waals surface area contributed by atoms with Gasteiger partial charge in [-0.25, -0.2) is 0 Å². The Balaban J connectivity index is 1.84. The number of anilines is 1. The number of hydrogen-bond acceptors (Lipinski definition) is 3. The Kier molecular flexibility index (Phi) is 3.78. The van der Waals surface area contributed by atoms with Crippen LogP contribution in [0.1, 0.15) is 39.2 Å². The van der Waals surface area contributed by atoms with E-state index in [0.29, 0.717) is 18.5 Å². The van der Waals surface area contributed by atoms with E-state index in [1.165, 1.54) is 6.42 Å². The molecule has 0 saturated carbocycles. The van der Waals surface area contributed by atoms with E-state index in [1.807, 2.05) is 10.9 Å². The molecule has 0 radical (unpaired) electrons. The smallest absolute Gasteiger partial charge is 0.226 e. The lowest BCUT2D eigenvalue weighted by molar-refractivity contribution is -0.116. The van der Waals surface area contributed by atoms with E-state index >= 15 is 0 Å². The van der Waals surface area contributed by atoms with Crippen molar-refractivity contribution >= 4 is 11.6 Å².